The largest absolute Gasteiger partial charge is 0.456 e. The van der Waals surface area contributed by atoms with Crippen LogP contribution in [-0.2, 0) is 9.59 Å². The van der Waals surface area contributed by atoms with Gasteiger partial charge >= 0.3 is 11.9 Å². The van der Waals surface area contributed by atoms with Gasteiger partial charge in [-0.1, -0.05) is 29.8 Å². The lowest BCUT2D eigenvalue weighted by molar-refractivity contribution is -0.131. The average Bonchev–Trinajstić information content (AvgIpc) is 2.84. The van der Waals surface area contributed by atoms with Crippen molar-refractivity contribution in [2.45, 2.75) is 0 Å². The van der Waals surface area contributed by atoms with Gasteiger partial charge in [0.25, 0.3) is 0 Å². The maximum absolute atomic E-state index is 12.2. The summed E-state index contributed by atoms with van der Waals surface area (Å²) < 4.78 is 16.9. The van der Waals surface area contributed by atoms with Gasteiger partial charge in [-0.3, -0.25) is 0 Å². The Hall–Kier alpha value is -2.74. The highest BCUT2D eigenvalue weighted by molar-refractivity contribution is 8.08. The highest BCUT2D eigenvalue weighted by Crippen LogP contribution is 2.52. The molecule has 0 radical (unpaired) electrons. The van der Waals surface area contributed by atoms with Crippen molar-refractivity contribution < 1.29 is 23.8 Å². The van der Waals surface area contributed by atoms with Crippen LogP contribution in [0, 0.1) is 0 Å². The molecule has 2 bridgehead atoms. The molecule has 1 N–H and O–H groups in total. The fourth-order valence-corrected chi connectivity index (χ4v) is 4.19. The van der Waals surface area contributed by atoms with Crippen LogP contribution in [0.4, 0.5) is 0 Å². The zero-order valence-electron chi connectivity index (χ0n) is 15.4. The van der Waals surface area contributed by atoms with Crippen LogP contribution in [0.2, 0.25) is 5.02 Å². The minimum Gasteiger partial charge on any atom is -0.456 e. The summed E-state index contributed by atoms with van der Waals surface area (Å²) in [5, 5.41) is 3.14. The molecule has 2 aliphatic heterocycles. The summed E-state index contributed by atoms with van der Waals surface area (Å²) in [7, 11) is 1.88. The number of ether oxygens (including phenoxy) is 3. The number of para-hydroxylation sites is 1. The SMILES string of the molecule is CNCCSC1=Cc2ccccc2Oc2cc3c(Cl)c(c21)OC(=O)/C=C\C(=O)O3. The molecule has 8 heteroatoms. The number of benzene rings is 2. The Balaban J connectivity index is 1.93. The maximum atomic E-state index is 12.2. The zero-order chi connectivity index (χ0) is 20.4. The van der Waals surface area contributed by atoms with Crippen molar-refractivity contribution >= 4 is 46.3 Å². The van der Waals surface area contributed by atoms with E-state index in [1.165, 1.54) is 0 Å². The average molecular weight is 430 g/mol. The van der Waals surface area contributed by atoms with Gasteiger partial charge in [0.2, 0.25) is 0 Å². The molecule has 0 fully saturated rings. The zero-order valence-corrected chi connectivity index (χ0v) is 16.9. The van der Waals surface area contributed by atoms with E-state index < -0.39 is 11.9 Å². The normalized spacial score (nSPS) is 15.9. The lowest BCUT2D eigenvalue weighted by atomic mass is 10.1. The fourth-order valence-electron chi connectivity index (χ4n) is 2.89. The Labute approximate surface area is 176 Å². The summed E-state index contributed by atoms with van der Waals surface area (Å²) in [6.07, 6.45) is 3.97. The predicted octanol–water partition coefficient (Wildman–Crippen LogP) is 4.28. The number of hydrogen-bond acceptors (Lipinski definition) is 7. The van der Waals surface area contributed by atoms with Crippen LogP contribution >= 0.6 is 23.4 Å². The second kappa shape index (κ2) is 8.32. The maximum Gasteiger partial charge on any atom is 0.336 e. The number of nitrogens with one attached hydrogen (secondary N) is 1. The number of thioether (sulfide) groups is 1. The number of fused-ring (bicyclic) bond motifs is 5. The van der Waals surface area contributed by atoms with Crippen LogP contribution in [0.1, 0.15) is 11.1 Å². The van der Waals surface area contributed by atoms with E-state index in [-0.39, 0.29) is 16.5 Å². The Morgan fingerprint density at radius 3 is 2.55 bits per heavy atom. The second-order valence-electron chi connectivity index (χ2n) is 6.17. The van der Waals surface area contributed by atoms with Crippen molar-refractivity contribution in [1.82, 2.24) is 5.32 Å². The van der Waals surface area contributed by atoms with Crippen LogP contribution < -0.4 is 19.5 Å². The summed E-state index contributed by atoms with van der Waals surface area (Å²) in [5.41, 5.74) is 1.41. The standard InChI is InChI=1S/C21H16ClNO5S/c1-23-8-9-29-16-10-12-4-2-3-5-13(12)26-14-11-15-20(22)21(19(14)16)28-18(25)7-6-17(24)27-15/h2-7,10-11,23H,8-9H2,1H3/b7-6-. The highest BCUT2D eigenvalue weighted by atomic mass is 35.5. The number of halogens is 1. The van der Waals surface area contributed by atoms with Gasteiger partial charge in [-0.15, -0.1) is 11.8 Å². The Kier molecular flexibility index (Phi) is 5.62. The predicted molar refractivity (Wildman–Crippen MR) is 113 cm³/mol. The molecule has 2 aromatic carbocycles. The molecule has 0 unspecified atom stereocenters. The van der Waals surface area contributed by atoms with Gasteiger partial charge in [-0.25, -0.2) is 9.59 Å². The first kappa shape index (κ1) is 19.6. The molecule has 0 atom stereocenters. The van der Waals surface area contributed by atoms with E-state index in [9.17, 15) is 9.59 Å². The minimum absolute atomic E-state index is 0.0313. The third-order valence-corrected chi connectivity index (χ3v) is 5.60. The second-order valence-corrected chi connectivity index (χ2v) is 7.68. The van der Waals surface area contributed by atoms with Crippen molar-refractivity contribution in [3.63, 3.8) is 0 Å². The first-order valence-electron chi connectivity index (χ1n) is 8.81. The van der Waals surface area contributed by atoms with E-state index in [2.05, 4.69) is 5.32 Å². The third-order valence-electron chi connectivity index (χ3n) is 4.20. The van der Waals surface area contributed by atoms with Crippen LogP contribution in [0.15, 0.2) is 42.5 Å². The lowest BCUT2D eigenvalue weighted by Gasteiger charge is -2.18. The van der Waals surface area contributed by atoms with Crippen LogP contribution in [0.3, 0.4) is 0 Å². The number of carbonyl (C=O) groups excluding carboxylic acids is 2. The van der Waals surface area contributed by atoms with Gasteiger partial charge in [0, 0.05) is 41.0 Å². The van der Waals surface area contributed by atoms with E-state index in [1.54, 1.807) is 17.8 Å². The van der Waals surface area contributed by atoms with Crippen molar-refractivity contribution in [2.75, 3.05) is 19.3 Å². The molecule has 4 rings (SSSR count). The van der Waals surface area contributed by atoms with Crippen molar-refractivity contribution in [3.05, 3.63) is 58.6 Å². The number of rotatable bonds is 4. The van der Waals surface area contributed by atoms with E-state index in [0.717, 1.165) is 34.9 Å². The molecule has 29 heavy (non-hydrogen) atoms. The summed E-state index contributed by atoms with van der Waals surface area (Å²) in [6.45, 7) is 0.779. The molecular weight excluding hydrogens is 414 g/mol. The molecule has 2 aromatic rings. The first-order chi connectivity index (χ1) is 14.1. The van der Waals surface area contributed by atoms with Gasteiger partial charge < -0.3 is 19.5 Å². The minimum atomic E-state index is -0.732. The molecule has 0 aromatic heterocycles. The molecule has 2 aliphatic rings. The van der Waals surface area contributed by atoms with Gasteiger partial charge in [0.1, 0.15) is 16.5 Å². The third kappa shape index (κ3) is 4.03. The summed E-state index contributed by atoms with van der Waals surface area (Å²) in [5.74, 6) is 0.475. The van der Waals surface area contributed by atoms with Gasteiger partial charge in [-0.05, 0) is 19.2 Å². The molecule has 0 saturated heterocycles. The first-order valence-corrected chi connectivity index (χ1v) is 10.2. The molecular formula is C21H16ClNO5S. The lowest BCUT2D eigenvalue weighted by Crippen LogP contribution is -2.10. The smallest absolute Gasteiger partial charge is 0.336 e. The molecule has 0 saturated carbocycles. The van der Waals surface area contributed by atoms with Gasteiger partial charge in [-0.2, -0.15) is 0 Å². The van der Waals surface area contributed by atoms with E-state index in [1.807, 2.05) is 37.4 Å². The Morgan fingerprint density at radius 1 is 1.00 bits per heavy atom. The Morgan fingerprint density at radius 2 is 1.76 bits per heavy atom. The summed E-state index contributed by atoms with van der Waals surface area (Å²) in [6, 6.07) is 9.08. The van der Waals surface area contributed by atoms with E-state index in [4.69, 9.17) is 25.8 Å². The molecule has 148 valence electrons. The summed E-state index contributed by atoms with van der Waals surface area (Å²) >= 11 is 8.04. The van der Waals surface area contributed by atoms with E-state index in [0.29, 0.717) is 17.1 Å². The summed E-state index contributed by atoms with van der Waals surface area (Å²) in [4.78, 5) is 24.9. The number of hydrogen-bond donors (Lipinski definition) is 1. The topological polar surface area (TPSA) is 73.9 Å². The highest BCUT2D eigenvalue weighted by Gasteiger charge is 2.29. The molecule has 0 spiro atoms. The van der Waals surface area contributed by atoms with Crippen molar-refractivity contribution in [1.29, 1.82) is 0 Å². The number of esters is 2. The van der Waals surface area contributed by atoms with Crippen LogP contribution in [0.5, 0.6) is 23.0 Å². The molecule has 0 amide bonds. The van der Waals surface area contributed by atoms with Crippen LogP contribution in [-0.4, -0.2) is 31.3 Å². The van der Waals surface area contributed by atoms with Crippen molar-refractivity contribution in [3.8, 4) is 23.0 Å². The fraction of sp³-hybridized carbons (Fsp3) is 0.143. The van der Waals surface area contributed by atoms with Gasteiger partial charge in [0.15, 0.2) is 11.5 Å². The molecule has 0 aliphatic carbocycles. The molecule has 2 heterocycles. The Bertz CT molecular complexity index is 1060. The van der Waals surface area contributed by atoms with Crippen molar-refractivity contribution in [2.24, 2.45) is 0 Å². The quantitative estimate of drug-likeness (QED) is 0.441. The molecule has 6 nitrogen and oxygen atoms in total. The monoisotopic (exact) mass is 429 g/mol. The van der Waals surface area contributed by atoms with Gasteiger partial charge in [0.05, 0.1) is 5.56 Å². The van der Waals surface area contributed by atoms with Crippen LogP contribution in [0.25, 0.3) is 11.0 Å². The van der Waals surface area contributed by atoms with E-state index >= 15 is 0 Å². The number of carbonyl (C=O) groups is 2.